The number of hydrogen-bond donors (Lipinski definition) is 0. The van der Waals surface area contributed by atoms with Crippen molar-refractivity contribution in [1.82, 2.24) is 0 Å². The predicted molar refractivity (Wildman–Crippen MR) is 57.0 cm³/mol. The largest absolute Gasteiger partial charge is 0.275 e. The predicted octanol–water partition coefficient (Wildman–Crippen LogP) is 3.78. The van der Waals surface area contributed by atoms with Crippen molar-refractivity contribution in [1.29, 1.82) is 0 Å². The Morgan fingerprint density at radius 2 is 2.07 bits per heavy atom. The quantitative estimate of drug-likeness (QED) is 0.432. The van der Waals surface area contributed by atoms with Crippen LogP contribution in [-0.2, 0) is 40.2 Å². The second-order valence-corrected chi connectivity index (χ2v) is 3.05. The summed E-state index contributed by atoms with van der Waals surface area (Å²) in [5.41, 5.74) is 1.43. The van der Waals surface area contributed by atoms with Gasteiger partial charge in [0.1, 0.15) is 0 Å². The molecule has 2 aliphatic rings. The fourth-order valence-corrected chi connectivity index (χ4v) is 1.17. The molecule has 0 atom stereocenters. The summed E-state index contributed by atoms with van der Waals surface area (Å²) in [4.78, 5) is 0. The van der Waals surface area contributed by atoms with Gasteiger partial charge < -0.3 is 0 Å². The van der Waals surface area contributed by atoms with E-state index in [2.05, 4.69) is 31.2 Å². The van der Waals surface area contributed by atoms with E-state index >= 15 is 0 Å². The van der Waals surface area contributed by atoms with Crippen LogP contribution in [0.2, 0.25) is 0 Å². The van der Waals surface area contributed by atoms with E-state index in [1.807, 2.05) is 18.2 Å². The van der Waals surface area contributed by atoms with Crippen molar-refractivity contribution in [2.24, 2.45) is 0 Å². The molecule has 0 unspecified atom stereocenters. The zero-order chi connectivity index (χ0) is 9.36. The Morgan fingerprint density at radius 3 is 2.27 bits per heavy atom. The Bertz CT molecular complexity index is 235. The molecule has 0 aromatic rings. The van der Waals surface area contributed by atoms with E-state index in [9.17, 15) is 0 Å². The van der Waals surface area contributed by atoms with E-state index in [0.717, 1.165) is 19.3 Å². The van der Waals surface area contributed by atoms with Crippen molar-refractivity contribution in [3.05, 3.63) is 48.1 Å². The molecule has 0 bridgehead atoms. The Labute approximate surface area is 120 Å². The minimum absolute atomic E-state index is 0. The first kappa shape index (κ1) is 17.6. The molecule has 2 aliphatic carbocycles. The van der Waals surface area contributed by atoms with Crippen LogP contribution in [0.1, 0.15) is 32.6 Å². The van der Waals surface area contributed by atoms with Gasteiger partial charge in [-0.25, -0.2) is 24.3 Å². The summed E-state index contributed by atoms with van der Waals surface area (Å²) in [5.74, 6) is 0. The molecular formula is C13H16Ir2-2. The molecule has 0 aromatic heterocycles. The molecule has 0 heterocycles. The monoisotopic (exact) mass is 558 g/mol. The minimum atomic E-state index is 0. The van der Waals surface area contributed by atoms with Gasteiger partial charge in [0, 0.05) is 40.2 Å². The second kappa shape index (κ2) is 12.3. The van der Waals surface area contributed by atoms with Gasteiger partial charge in [0.15, 0.2) is 0 Å². The molecule has 0 N–H and O–H groups in total. The number of allylic oxidation sites excluding steroid dienone is 8. The average Bonchev–Trinajstić information content (AvgIpc) is 2.74. The normalized spacial score (nSPS) is 15.7. The molecule has 0 aliphatic heterocycles. The molecule has 2 rings (SSSR count). The van der Waals surface area contributed by atoms with E-state index in [1.54, 1.807) is 0 Å². The molecule has 0 saturated carbocycles. The zero-order valence-corrected chi connectivity index (χ0v) is 13.7. The van der Waals surface area contributed by atoms with Crippen molar-refractivity contribution in [3.8, 4) is 0 Å². The minimum Gasteiger partial charge on any atom is -0.275 e. The maximum absolute atomic E-state index is 3.14. The Hall–Kier alpha value is 0.259. The molecule has 2 heteroatoms. The third-order valence-corrected chi connectivity index (χ3v) is 2.00. The Morgan fingerprint density at radius 1 is 1.27 bits per heavy atom. The van der Waals surface area contributed by atoms with Gasteiger partial charge in [-0.1, -0.05) is 26.2 Å². The van der Waals surface area contributed by atoms with Crippen LogP contribution in [0.25, 0.3) is 0 Å². The van der Waals surface area contributed by atoms with Crippen LogP contribution in [0.3, 0.4) is 0 Å². The average molecular weight is 557 g/mol. The topological polar surface area (TPSA) is 0 Å². The van der Waals surface area contributed by atoms with Crippen LogP contribution < -0.4 is 0 Å². The molecule has 0 amide bonds. The Kier molecular flexibility index (Phi) is 14.5. The van der Waals surface area contributed by atoms with Crippen LogP contribution in [0.5, 0.6) is 0 Å². The van der Waals surface area contributed by atoms with Crippen LogP contribution in [0.15, 0.2) is 36.0 Å². The fourth-order valence-electron chi connectivity index (χ4n) is 1.17. The SMILES string of the molecule is CCC1=[C-]C=CC1.[C-]1=CC=CCC1.[Ir].[Ir]. The van der Waals surface area contributed by atoms with Crippen molar-refractivity contribution in [2.45, 2.75) is 32.6 Å². The van der Waals surface area contributed by atoms with Crippen LogP contribution in [0, 0.1) is 12.2 Å². The Balaban J connectivity index is 0. The molecule has 0 aromatic carbocycles. The van der Waals surface area contributed by atoms with Crippen LogP contribution in [0.4, 0.5) is 0 Å². The van der Waals surface area contributed by atoms with Crippen molar-refractivity contribution in [3.63, 3.8) is 0 Å². The van der Waals surface area contributed by atoms with Crippen molar-refractivity contribution in [2.75, 3.05) is 0 Å². The summed E-state index contributed by atoms with van der Waals surface area (Å²) < 4.78 is 0. The molecule has 15 heavy (non-hydrogen) atoms. The van der Waals surface area contributed by atoms with Crippen molar-refractivity contribution < 1.29 is 40.2 Å². The van der Waals surface area contributed by atoms with Gasteiger partial charge in [0.05, 0.1) is 0 Å². The van der Waals surface area contributed by atoms with Gasteiger partial charge in [0.25, 0.3) is 0 Å². The van der Waals surface area contributed by atoms with Gasteiger partial charge in [-0.2, -0.15) is 11.6 Å². The number of hydrogen-bond acceptors (Lipinski definition) is 0. The second-order valence-electron chi connectivity index (χ2n) is 3.05. The first-order valence-electron chi connectivity index (χ1n) is 4.91. The fraction of sp³-hybridized carbons (Fsp3) is 0.385. The molecule has 2 radical (unpaired) electrons. The molecule has 88 valence electrons. The molecule has 0 fully saturated rings. The molecule has 0 saturated heterocycles. The van der Waals surface area contributed by atoms with E-state index in [4.69, 9.17) is 0 Å². The third kappa shape index (κ3) is 9.20. The summed E-state index contributed by atoms with van der Waals surface area (Å²) in [6.07, 6.45) is 21.1. The molecular weight excluding hydrogens is 541 g/mol. The number of rotatable bonds is 1. The first-order valence-corrected chi connectivity index (χ1v) is 4.91. The van der Waals surface area contributed by atoms with E-state index in [0.29, 0.717) is 0 Å². The zero-order valence-electron chi connectivity index (χ0n) is 8.88. The first-order chi connectivity index (χ1) is 6.43. The van der Waals surface area contributed by atoms with E-state index in [-0.39, 0.29) is 40.2 Å². The van der Waals surface area contributed by atoms with Crippen LogP contribution >= 0.6 is 0 Å². The van der Waals surface area contributed by atoms with Crippen molar-refractivity contribution >= 4 is 0 Å². The van der Waals surface area contributed by atoms with Gasteiger partial charge >= 0.3 is 0 Å². The van der Waals surface area contributed by atoms with Gasteiger partial charge in [-0.05, 0) is 0 Å². The molecule has 0 spiro atoms. The van der Waals surface area contributed by atoms with E-state index in [1.165, 1.54) is 12.0 Å². The summed E-state index contributed by atoms with van der Waals surface area (Å²) in [6, 6.07) is 0. The summed E-state index contributed by atoms with van der Waals surface area (Å²) >= 11 is 0. The summed E-state index contributed by atoms with van der Waals surface area (Å²) in [7, 11) is 0. The van der Waals surface area contributed by atoms with E-state index < -0.39 is 0 Å². The molecule has 0 nitrogen and oxygen atoms in total. The smallest absolute Gasteiger partial charge is 0 e. The maximum atomic E-state index is 3.14. The third-order valence-electron chi connectivity index (χ3n) is 2.00. The van der Waals surface area contributed by atoms with Gasteiger partial charge in [0.2, 0.25) is 0 Å². The van der Waals surface area contributed by atoms with Gasteiger partial charge in [-0.3, -0.25) is 12.2 Å². The van der Waals surface area contributed by atoms with Gasteiger partial charge in [-0.15, -0.1) is 6.42 Å². The van der Waals surface area contributed by atoms with Crippen LogP contribution in [-0.4, -0.2) is 0 Å². The standard InChI is InChI=1S/C7H9.C6H7.2Ir/c1-2-7-5-3-4-6-7;1-2-4-6-5-3-1;;/h3-4H,2,5H2,1H3;1-3H,4,6H2;;/q2*-1;;. The summed E-state index contributed by atoms with van der Waals surface area (Å²) in [5, 5.41) is 0. The maximum Gasteiger partial charge on any atom is 0 e. The summed E-state index contributed by atoms with van der Waals surface area (Å²) in [6.45, 7) is 2.16.